The van der Waals surface area contributed by atoms with Crippen LogP contribution in [0, 0.1) is 11.3 Å². The highest BCUT2D eigenvalue weighted by molar-refractivity contribution is 5.65. The van der Waals surface area contributed by atoms with E-state index in [1.807, 2.05) is 6.07 Å². The number of nitriles is 1. The van der Waals surface area contributed by atoms with Gasteiger partial charge in [-0.1, -0.05) is 0 Å². The molecule has 0 fully saturated rings. The largest absolute Gasteiger partial charge is 0.494 e. The normalized spacial score (nSPS) is 10.9. The van der Waals surface area contributed by atoms with Crippen molar-refractivity contribution < 1.29 is 17.9 Å². The molecule has 0 aliphatic carbocycles. The van der Waals surface area contributed by atoms with Gasteiger partial charge in [-0.05, 0) is 49.4 Å². The zero-order valence-corrected chi connectivity index (χ0v) is 11.7. The van der Waals surface area contributed by atoms with Crippen molar-refractivity contribution in [3.8, 4) is 11.8 Å². The topological polar surface area (TPSA) is 45.0 Å². The van der Waals surface area contributed by atoms with Gasteiger partial charge in [-0.15, -0.1) is 0 Å². The van der Waals surface area contributed by atoms with Gasteiger partial charge in [0, 0.05) is 5.69 Å². The number of rotatable bonds is 4. The zero-order valence-electron chi connectivity index (χ0n) is 11.7. The second-order valence-corrected chi connectivity index (χ2v) is 4.45. The lowest BCUT2D eigenvalue weighted by Crippen LogP contribution is -2.09. The molecule has 114 valence electrons. The molecule has 3 nitrogen and oxygen atoms in total. The summed E-state index contributed by atoms with van der Waals surface area (Å²) in [5.41, 5.74) is 0.0328. The number of alkyl halides is 3. The number of nitrogens with one attached hydrogen (secondary N) is 1. The maximum absolute atomic E-state index is 13.2. The molecule has 0 aromatic heterocycles. The van der Waals surface area contributed by atoms with Crippen LogP contribution in [0.4, 0.5) is 24.5 Å². The van der Waals surface area contributed by atoms with E-state index in [4.69, 9.17) is 10.00 Å². The second kappa shape index (κ2) is 6.39. The zero-order chi connectivity index (χ0) is 16.2. The molecule has 0 saturated carbocycles. The number of halogens is 3. The van der Waals surface area contributed by atoms with Crippen molar-refractivity contribution in [2.75, 3.05) is 11.9 Å². The number of benzene rings is 2. The summed E-state index contributed by atoms with van der Waals surface area (Å²) >= 11 is 0. The summed E-state index contributed by atoms with van der Waals surface area (Å²) in [4.78, 5) is 0. The first-order valence-corrected chi connectivity index (χ1v) is 6.55. The number of hydrogen-bond acceptors (Lipinski definition) is 3. The predicted molar refractivity (Wildman–Crippen MR) is 77.1 cm³/mol. The first kappa shape index (κ1) is 15.7. The highest BCUT2D eigenvalue weighted by atomic mass is 19.4. The Morgan fingerprint density at radius 2 is 1.82 bits per heavy atom. The molecule has 6 heteroatoms. The average Bonchev–Trinajstić information content (AvgIpc) is 2.49. The molecular formula is C16H13F3N2O. The summed E-state index contributed by atoms with van der Waals surface area (Å²) in [5, 5.41) is 11.4. The molecule has 0 atom stereocenters. The Bertz CT molecular complexity index is 688. The van der Waals surface area contributed by atoms with Gasteiger partial charge >= 0.3 is 6.18 Å². The molecule has 0 radical (unpaired) electrons. The van der Waals surface area contributed by atoms with Crippen LogP contribution < -0.4 is 10.1 Å². The molecular weight excluding hydrogens is 293 g/mol. The van der Waals surface area contributed by atoms with Crippen LogP contribution >= 0.6 is 0 Å². The summed E-state index contributed by atoms with van der Waals surface area (Å²) in [7, 11) is 0. The van der Waals surface area contributed by atoms with E-state index in [1.54, 1.807) is 19.1 Å². The molecule has 2 rings (SSSR count). The first-order chi connectivity index (χ1) is 10.4. The van der Waals surface area contributed by atoms with E-state index in [0.717, 1.165) is 6.07 Å². The van der Waals surface area contributed by atoms with Crippen molar-refractivity contribution >= 4 is 11.4 Å². The Hall–Kier alpha value is -2.68. The molecule has 0 saturated heterocycles. The van der Waals surface area contributed by atoms with Crippen molar-refractivity contribution in [2.45, 2.75) is 13.1 Å². The summed E-state index contributed by atoms with van der Waals surface area (Å²) < 4.78 is 44.6. The molecule has 0 aliphatic heterocycles. The maximum atomic E-state index is 13.2. The Kier molecular flexibility index (Phi) is 4.56. The van der Waals surface area contributed by atoms with E-state index in [-0.39, 0.29) is 11.4 Å². The Balaban J connectivity index is 2.34. The van der Waals surface area contributed by atoms with Crippen molar-refractivity contribution in [2.24, 2.45) is 0 Å². The third-order valence-corrected chi connectivity index (χ3v) is 2.90. The molecule has 22 heavy (non-hydrogen) atoms. The van der Waals surface area contributed by atoms with Crippen LogP contribution in [-0.4, -0.2) is 6.61 Å². The smallest absolute Gasteiger partial charge is 0.418 e. The molecule has 1 N–H and O–H groups in total. The number of hydrogen-bond donors (Lipinski definition) is 1. The Morgan fingerprint density at radius 3 is 2.36 bits per heavy atom. The molecule has 2 aromatic carbocycles. The molecule has 2 aromatic rings. The van der Waals surface area contributed by atoms with Gasteiger partial charge in [0.05, 0.1) is 29.5 Å². The fraction of sp³-hybridized carbons (Fsp3) is 0.188. The number of nitrogens with zero attached hydrogens (tertiary/aromatic N) is 1. The van der Waals surface area contributed by atoms with Gasteiger partial charge in [-0.3, -0.25) is 0 Å². The molecule has 0 unspecified atom stereocenters. The van der Waals surface area contributed by atoms with Gasteiger partial charge in [0.2, 0.25) is 0 Å². The lowest BCUT2D eigenvalue weighted by molar-refractivity contribution is -0.137. The van der Waals surface area contributed by atoms with E-state index >= 15 is 0 Å². The van der Waals surface area contributed by atoms with Gasteiger partial charge in [0.25, 0.3) is 0 Å². The van der Waals surface area contributed by atoms with E-state index in [2.05, 4.69) is 5.32 Å². The minimum absolute atomic E-state index is 0.0688. The lowest BCUT2D eigenvalue weighted by Gasteiger charge is -2.16. The molecule has 0 bridgehead atoms. The van der Waals surface area contributed by atoms with Crippen LogP contribution in [0.1, 0.15) is 18.1 Å². The summed E-state index contributed by atoms with van der Waals surface area (Å²) in [6, 6.07) is 11.9. The van der Waals surface area contributed by atoms with Gasteiger partial charge in [0.15, 0.2) is 0 Å². The van der Waals surface area contributed by atoms with Gasteiger partial charge in [0.1, 0.15) is 5.75 Å². The maximum Gasteiger partial charge on any atom is 0.418 e. The minimum atomic E-state index is -4.50. The van der Waals surface area contributed by atoms with E-state index in [9.17, 15) is 13.2 Å². The molecule has 0 aliphatic rings. The van der Waals surface area contributed by atoms with Crippen molar-refractivity contribution in [3.05, 3.63) is 53.6 Å². The van der Waals surface area contributed by atoms with Gasteiger partial charge in [-0.25, -0.2) is 0 Å². The van der Waals surface area contributed by atoms with E-state index < -0.39 is 11.7 Å². The standard InChI is InChI=1S/C16H13F3N2O/c1-2-22-13-7-8-15(14(9-13)16(17,18)19)21-12-5-3-11(10-20)4-6-12/h3-9,21H,2H2,1H3. The van der Waals surface area contributed by atoms with Gasteiger partial charge in [-0.2, -0.15) is 18.4 Å². The van der Waals surface area contributed by atoms with Crippen LogP contribution in [0.25, 0.3) is 0 Å². The molecule has 0 spiro atoms. The number of ether oxygens (including phenoxy) is 1. The van der Waals surface area contributed by atoms with E-state index in [0.29, 0.717) is 17.9 Å². The molecule has 0 amide bonds. The van der Waals surface area contributed by atoms with Crippen LogP contribution in [0.5, 0.6) is 5.75 Å². The van der Waals surface area contributed by atoms with Crippen molar-refractivity contribution in [1.29, 1.82) is 5.26 Å². The fourth-order valence-corrected chi connectivity index (χ4v) is 1.91. The second-order valence-electron chi connectivity index (χ2n) is 4.45. The fourth-order valence-electron chi connectivity index (χ4n) is 1.91. The van der Waals surface area contributed by atoms with Crippen molar-refractivity contribution in [3.63, 3.8) is 0 Å². The third kappa shape index (κ3) is 3.70. The monoisotopic (exact) mass is 306 g/mol. The lowest BCUT2D eigenvalue weighted by atomic mass is 10.1. The summed E-state index contributed by atoms with van der Waals surface area (Å²) in [6.45, 7) is 2.00. The van der Waals surface area contributed by atoms with E-state index in [1.165, 1.54) is 24.3 Å². The quantitative estimate of drug-likeness (QED) is 0.889. The first-order valence-electron chi connectivity index (χ1n) is 6.55. The minimum Gasteiger partial charge on any atom is -0.494 e. The highest BCUT2D eigenvalue weighted by Crippen LogP contribution is 2.38. The van der Waals surface area contributed by atoms with Gasteiger partial charge < -0.3 is 10.1 Å². The Labute approximate surface area is 126 Å². The average molecular weight is 306 g/mol. The predicted octanol–water partition coefficient (Wildman–Crippen LogP) is 4.72. The summed E-state index contributed by atoms with van der Waals surface area (Å²) in [5.74, 6) is 0.167. The summed E-state index contributed by atoms with van der Waals surface area (Å²) in [6.07, 6.45) is -4.50. The molecule has 0 heterocycles. The van der Waals surface area contributed by atoms with Crippen LogP contribution in [0.2, 0.25) is 0 Å². The van der Waals surface area contributed by atoms with Crippen LogP contribution in [0.3, 0.4) is 0 Å². The SMILES string of the molecule is CCOc1ccc(Nc2ccc(C#N)cc2)c(C(F)(F)F)c1. The van der Waals surface area contributed by atoms with Crippen LogP contribution in [0.15, 0.2) is 42.5 Å². The van der Waals surface area contributed by atoms with Crippen molar-refractivity contribution in [1.82, 2.24) is 0 Å². The highest BCUT2D eigenvalue weighted by Gasteiger charge is 2.34. The van der Waals surface area contributed by atoms with Crippen LogP contribution in [-0.2, 0) is 6.18 Å². The third-order valence-electron chi connectivity index (χ3n) is 2.90. The Morgan fingerprint density at radius 1 is 1.14 bits per heavy atom. The number of anilines is 2.